The number of hydrogen-bond donors (Lipinski definition) is 0. The summed E-state index contributed by atoms with van der Waals surface area (Å²) in [5.74, 6) is 7.02. The minimum absolute atomic E-state index is 0. The third-order valence-electron chi connectivity index (χ3n) is 32.1. The topological polar surface area (TPSA) is 158 Å². The van der Waals surface area contributed by atoms with Gasteiger partial charge >= 0.3 is 35.8 Å². The van der Waals surface area contributed by atoms with Crippen LogP contribution in [0.5, 0.6) is 0 Å². The lowest BCUT2D eigenvalue weighted by atomic mass is 9.65. The van der Waals surface area contributed by atoms with E-state index in [4.69, 9.17) is 28.4 Å². The number of rotatable bonds is 18. The molecule has 0 aliphatic heterocycles. The van der Waals surface area contributed by atoms with Crippen molar-refractivity contribution < 1.29 is 57.2 Å². The third-order valence-corrected chi connectivity index (χ3v) is 32.1. The van der Waals surface area contributed by atoms with E-state index in [1.807, 2.05) is 104 Å². The van der Waals surface area contributed by atoms with E-state index in [-0.39, 0.29) is 202 Å². The Morgan fingerprint density at radius 1 is 0.280 bits per heavy atom. The Labute approximate surface area is 739 Å². The van der Waals surface area contributed by atoms with E-state index >= 15 is 0 Å². The summed E-state index contributed by atoms with van der Waals surface area (Å²) in [6.45, 7) is 56.0. The monoisotopic (exact) mass is 1680 g/mol. The standard InChI is InChI=1S/C17H28O2.2C17H30O2.C15H28O2.C14H24O2.C14H26O2.12CH4/c1-5-16(2,3)15(18)19-17(4)10-11-9-14(17)13-8-6-7-12(11)13;1-8-14(2,3)13(18)19-17(7)11-12-9-10-16(17,6)15(12,4)5;1-5-16(2,3)15(18)19-17(4)11-10-13-8-6-7-9-14(13)12-17;1-5-14(2,3)13(16)17-15(4)11-9-7-6-8-10-12-15;1-5-13(2,3)12(15)16-14(4)9-10-6-7-11(14)8-10;1-5-13(2,3)12(15)16-14(4)10-8-6-7-9-11-14;;;;;;;;;;;;/h11-14H,5-10H2,1-4H3;12H,8-11H2,1-7H3;13-14H,5-12H2,1-4H3;5-12H2,1-4H3;10-11H,5-9H2,1-4H3;5-11H2,1-4H3;12*1H4. The van der Waals surface area contributed by atoms with Gasteiger partial charge in [-0.2, -0.15) is 0 Å². The van der Waals surface area contributed by atoms with E-state index in [2.05, 4.69) is 83.1 Å². The first kappa shape index (κ1) is 128. The summed E-state index contributed by atoms with van der Waals surface area (Å²) in [6.07, 6.45) is 44.3. The molecular weight excluding hydrogens is 1470 g/mol. The van der Waals surface area contributed by atoms with E-state index in [0.717, 1.165) is 132 Å². The normalized spacial score (nSPS) is 30.5. The molecule has 11 aliphatic carbocycles. The maximum absolute atomic E-state index is 12.5. The minimum atomic E-state index is -0.370. The number of carbonyl (C=O) groups is 6. The van der Waals surface area contributed by atoms with Crippen molar-refractivity contribution in [1.29, 1.82) is 0 Å². The van der Waals surface area contributed by atoms with E-state index in [0.29, 0.717) is 17.8 Å². The van der Waals surface area contributed by atoms with Crippen LogP contribution in [0.1, 0.15) is 520 Å². The van der Waals surface area contributed by atoms with Crippen molar-refractivity contribution >= 4 is 35.8 Å². The summed E-state index contributed by atoms with van der Waals surface area (Å²) in [5, 5.41) is 0. The molecular formula is C106H214O12. The summed E-state index contributed by atoms with van der Waals surface area (Å²) in [6, 6.07) is 0. The highest BCUT2D eigenvalue weighted by Crippen LogP contribution is 2.71. The molecule has 0 amide bonds. The Kier molecular flexibility index (Phi) is 54.5. The van der Waals surface area contributed by atoms with Crippen LogP contribution in [0.4, 0.5) is 0 Å². The van der Waals surface area contributed by atoms with Crippen LogP contribution < -0.4 is 0 Å². The molecule has 14 atom stereocenters. The van der Waals surface area contributed by atoms with Gasteiger partial charge in [0.25, 0.3) is 0 Å². The van der Waals surface area contributed by atoms with E-state index < -0.39 is 0 Å². The zero-order valence-corrected chi connectivity index (χ0v) is 74.0. The molecule has 11 fully saturated rings. The summed E-state index contributed by atoms with van der Waals surface area (Å²) in [4.78, 5) is 73.5. The molecule has 12 nitrogen and oxygen atoms in total. The van der Waals surface area contributed by atoms with E-state index in [1.54, 1.807) is 0 Å². The largest absolute Gasteiger partial charge is 0.459 e. The Balaban J connectivity index is -0.000000246. The molecule has 11 saturated carbocycles. The van der Waals surface area contributed by atoms with Crippen LogP contribution in [-0.4, -0.2) is 69.4 Å². The summed E-state index contributed by atoms with van der Waals surface area (Å²) in [5.41, 5.74) is -2.91. The Hall–Kier alpha value is -3.18. The molecule has 0 aromatic rings. The first-order chi connectivity index (χ1) is 48.9. The van der Waals surface area contributed by atoms with Crippen LogP contribution in [0.25, 0.3) is 0 Å². The van der Waals surface area contributed by atoms with E-state index in [9.17, 15) is 28.8 Å². The zero-order valence-electron chi connectivity index (χ0n) is 74.0. The smallest absolute Gasteiger partial charge is 0.312 e. The second-order valence-electron chi connectivity index (χ2n) is 42.8. The Morgan fingerprint density at radius 2 is 0.627 bits per heavy atom. The molecule has 0 N–H and O–H groups in total. The van der Waals surface area contributed by atoms with Crippen LogP contribution in [0.15, 0.2) is 0 Å². The number of carbonyl (C=O) groups excluding carboxylic acids is 6. The molecule has 0 heterocycles. The van der Waals surface area contributed by atoms with Gasteiger partial charge in [0.1, 0.15) is 33.6 Å². The van der Waals surface area contributed by atoms with Crippen molar-refractivity contribution in [1.82, 2.24) is 0 Å². The highest BCUT2D eigenvalue weighted by molar-refractivity contribution is 5.79. The van der Waals surface area contributed by atoms with Gasteiger partial charge in [-0.05, 0) is 357 Å². The molecule has 0 radical (unpaired) electrons. The van der Waals surface area contributed by atoms with Crippen molar-refractivity contribution in [2.45, 2.75) is 554 Å². The summed E-state index contributed by atoms with van der Waals surface area (Å²) < 4.78 is 35.5. The van der Waals surface area contributed by atoms with Gasteiger partial charge in [0.2, 0.25) is 0 Å². The van der Waals surface area contributed by atoms with Crippen LogP contribution in [0.2, 0.25) is 0 Å². The van der Waals surface area contributed by atoms with Crippen LogP contribution in [0.3, 0.4) is 0 Å². The summed E-state index contributed by atoms with van der Waals surface area (Å²) >= 11 is 0. The van der Waals surface area contributed by atoms with Crippen molar-refractivity contribution in [2.75, 3.05) is 0 Å². The maximum Gasteiger partial charge on any atom is 0.312 e. The lowest BCUT2D eigenvalue weighted by molar-refractivity contribution is -0.185. The van der Waals surface area contributed by atoms with E-state index in [1.165, 1.54) is 148 Å². The number of esters is 6. The fourth-order valence-electron chi connectivity index (χ4n) is 20.4. The quantitative estimate of drug-likeness (QED) is 0.0728. The average Bonchev–Trinajstić information content (AvgIpc) is 1.53. The molecule has 0 aromatic carbocycles. The molecule has 0 saturated heterocycles. The molecule has 14 unspecified atom stereocenters. The average molecular weight is 1680 g/mol. The molecule has 0 aromatic heterocycles. The highest BCUT2D eigenvalue weighted by atomic mass is 16.6. The van der Waals surface area contributed by atoms with Gasteiger partial charge in [0, 0.05) is 11.3 Å². The van der Waals surface area contributed by atoms with Crippen molar-refractivity contribution in [3.8, 4) is 0 Å². The van der Waals surface area contributed by atoms with Crippen LogP contribution in [0, 0.1) is 96.6 Å². The SMILES string of the molecule is C.C.C.C.C.C.C.C.C.C.C.C.CCC(C)(C)C(=O)OC1(C)CC2CC1C1CCCC21.CCC(C)(C)C(=O)OC1(C)CC2CCC1(C)C2(C)C.CCC(C)(C)C(=O)OC1(C)CC2CCC1C2.CCC(C)(C)C(=O)OC1(C)CCC2CCCCC2C1.CCC(C)(C)C(=O)OC1(C)CCCCCC1.CCC(C)(C)C(=O)OC1(C)CCCCCCC1. The van der Waals surface area contributed by atoms with Crippen LogP contribution >= 0.6 is 0 Å². The molecule has 0 spiro atoms. The Morgan fingerprint density at radius 3 is 0.975 bits per heavy atom. The molecule has 710 valence electrons. The van der Waals surface area contributed by atoms with Crippen molar-refractivity contribution in [2.24, 2.45) is 96.6 Å². The van der Waals surface area contributed by atoms with Crippen molar-refractivity contribution in [3.63, 3.8) is 0 Å². The van der Waals surface area contributed by atoms with Gasteiger partial charge in [0.05, 0.1) is 32.5 Å². The second kappa shape index (κ2) is 50.2. The summed E-state index contributed by atoms with van der Waals surface area (Å²) in [7, 11) is 0. The fraction of sp³-hybridized carbons (Fsp3) is 0.943. The van der Waals surface area contributed by atoms with Gasteiger partial charge < -0.3 is 28.4 Å². The first-order valence-electron chi connectivity index (χ1n) is 44.3. The predicted octanol–water partition coefficient (Wildman–Crippen LogP) is 33.2. The Bertz CT molecular complexity index is 2880. The zero-order chi connectivity index (χ0) is 79.8. The number of hydrogen-bond acceptors (Lipinski definition) is 12. The van der Waals surface area contributed by atoms with Crippen molar-refractivity contribution in [3.05, 3.63) is 0 Å². The molecule has 11 aliphatic rings. The third kappa shape index (κ3) is 30.9. The van der Waals surface area contributed by atoms with Gasteiger partial charge in [-0.15, -0.1) is 0 Å². The van der Waals surface area contributed by atoms with Crippen LogP contribution in [-0.2, 0) is 57.2 Å². The van der Waals surface area contributed by atoms with Gasteiger partial charge in [-0.3, -0.25) is 28.8 Å². The highest BCUT2D eigenvalue weighted by Gasteiger charge is 2.69. The molecule has 118 heavy (non-hydrogen) atoms. The molecule has 11 rings (SSSR count). The lowest BCUT2D eigenvalue weighted by Crippen LogP contribution is -2.49. The fourth-order valence-corrected chi connectivity index (χ4v) is 20.4. The van der Waals surface area contributed by atoms with Gasteiger partial charge in [0.15, 0.2) is 0 Å². The number of fused-ring (bicyclic) bond motifs is 10. The molecule has 12 heteroatoms. The number of ether oxygens (including phenoxy) is 6. The molecule has 6 bridgehead atoms. The van der Waals surface area contributed by atoms with Gasteiger partial charge in [-0.1, -0.05) is 216 Å². The van der Waals surface area contributed by atoms with Gasteiger partial charge in [-0.25, -0.2) is 0 Å². The lowest BCUT2D eigenvalue weighted by Gasteiger charge is -2.46. The predicted molar refractivity (Wildman–Crippen MR) is 513 cm³/mol. The second-order valence-corrected chi connectivity index (χ2v) is 42.8. The first-order valence-corrected chi connectivity index (χ1v) is 44.3. The maximum atomic E-state index is 12.5. The minimum Gasteiger partial charge on any atom is -0.459 e.